The lowest BCUT2D eigenvalue weighted by Gasteiger charge is -2.36. The van der Waals surface area contributed by atoms with Crippen LogP contribution in [0.2, 0.25) is 0 Å². The number of ether oxygens (including phenoxy) is 1. The summed E-state index contributed by atoms with van der Waals surface area (Å²) in [6, 6.07) is 10.7. The summed E-state index contributed by atoms with van der Waals surface area (Å²) in [6.07, 6.45) is 1.66. The van der Waals surface area contributed by atoms with Crippen molar-refractivity contribution in [1.82, 2.24) is 20.0 Å². The summed E-state index contributed by atoms with van der Waals surface area (Å²) >= 11 is 0. The van der Waals surface area contributed by atoms with Crippen molar-refractivity contribution in [2.45, 2.75) is 19.4 Å². The van der Waals surface area contributed by atoms with Crippen LogP contribution in [0.3, 0.4) is 0 Å². The summed E-state index contributed by atoms with van der Waals surface area (Å²) in [5.41, 5.74) is 1.39. The van der Waals surface area contributed by atoms with E-state index in [0.717, 1.165) is 77.7 Å². The molecule has 0 radical (unpaired) electrons. The molecule has 1 N–H and O–H groups in total. The van der Waals surface area contributed by atoms with Crippen molar-refractivity contribution in [3.63, 3.8) is 0 Å². The molecule has 0 saturated carbocycles. The number of hydrogen-bond acceptors (Lipinski definition) is 5. The number of aliphatic imine (C=N–C) groups is 1. The molecule has 2 fully saturated rings. The highest BCUT2D eigenvalue weighted by molar-refractivity contribution is 5.80. The molecule has 0 unspecified atom stereocenters. The zero-order valence-electron chi connectivity index (χ0n) is 17.8. The molecule has 2 aliphatic heterocycles. The van der Waals surface area contributed by atoms with Crippen molar-refractivity contribution in [2.75, 3.05) is 66.5 Å². The van der Waals surface area contributed by atoms with Gasteiger partial charge < -0.3 is 15.0 Å². The zero-order chi connectivity index (χ0) is 20.5. The number of piperazine rings is 1. The van der Waals surface area contributed by atoms with Crippen LogP contribution in [0.5, 0.6) is 0 Å². The fraction of sp³-hybridized carbons (Fsp3) is 0.636. The third kappa shape index (κ3) is 6.44. The molecule has 160 valence electrons. The standard InChI is InChI=1S/C22H35N5O2/c1-23-22(27-11-8-20(9-12-27)21(28)29-2)24-10-13-25-14-16-26(17-15-25)18-19-6-4-3-5-7-19/h3-7,20H,8-18H2,1-2H3,(H,23,24). The summed E-state index contributed by atoms with van der Waals surface area (Å²) < 4.78 is 4.87. The summed E-state index contributed by atoms with van der Waals surface area (Å²) in [4.78, 5) is 23.4. The maximum atomic E-state index is 11.7. The van der Waals surface area contributed by atoms with Crippen LogP contribution >= 0.6 is 0 Å². The largest absolute Gasteiger partial charge is 0.469 e. The van der Waals surface area contributed by atoms with Crippen LogP contribution in [0.4, 0.5) is 0 Å². The number of carbonyl (C=O) groups excluding carboxylic acids is 1. The Morgan fingerprint density at radius 3 is 2.34 bits per heavy atom. The average molecular weight is 402 g/mol. The third-order valence-corrected chi connectivity index (χ3v) is 5.97. The van der Waals surface area contributed by atoms with Gasteiger partial charge in [-0.25, -0.2) is 0 Å². The molecule has 2 saturated heterocycles. The fourth-order valence-corrected chi connectivity index (χ4v) is 4.16. The zero-order valence-corrected chi connectivity index (χ0v) is 17.8. The monoisotopic (exact) mass is 401 g/mol. The second-order valence-electron chi connectivity index (χ2n) is 7.86. The van der Waals surface area contributed by atoms with E-state index in [1.807, 2.05) is 7.05 Å². The first-order valence-corrected chi connectivity index (χ1v) is 10.7. The van der Waals surface area contributed by atoms with E-state index >= 15 is 0 Å². The van der Waals surface area contributed by atoms with Crippen molar-refractivity contribution in [3.05, 3.63) is 35.9 Å². The first kappa shape index (κ1) is 21.6. The quantitative estimate of drug-likeness (QED) is 0.440. The van der Waals surface area contributed by atoms with E-state index in [1.54, 1.807) is 0 Å². The topological polar surface area (TPSA) is 60.4 Å². The van der Waals surface area contributed by atoms with Gasteiger partial charge in [0.1, 0.15) is 0 Å². The molecule has 2 heterocycles. The number of carbonyl (C=O) groups is 1. The first-order valence-electron chi connectivity index (χ1n) is 10.7. The van der Waals surface area contributed by atoms with Gasteiger partial charge in [0.05, 0.1) is 13.0 Å². The Morgan fingerprint density at radius 1 is 1.07 bits per heavy atom. The molecular formula is C22H35N5O2. The molecule has 7 nitrogen and oxygen atoms in total. The highest BCUT2D eigenvalue weighted by Gasteiger charge is 2.27. The number of nitrogens with one attached hydrogen (secondary N) is 1. The van der Waals surface area contributed by atoms with Crippen LogP contribution in [0.1, 0.15) is 18.4 Å². The first-order chi connectivity index (χ1) is 14.2. The van der Waals surface area contributed by atoms with Gasteiger partial charge in [-0.05, 0) is 18.4 Å². The predicted octanol–water partition coefficient (Wildman–Crippen LogP) is 1.26. The average Bonchev–Trinajstić information content (AvgIpc) is 2.78. The van der Waals surface area contributed by atoms with Crippen LogP contribution < -0.4 is 5.32 Å². The molecule has 7 heteroatoms. The summed E-state index contributed by atoms with van der Waals surface area (Å²) in [7, 11) is 3.30. The number of likely N-dealkylation sites (tertiary alicyclic amines) is 1. The van der Waals surface area contributed by atoms with Gasteiger partial charge in [-0.15, -0.1) is 0 Å². The maximum Gasteiger partial charge on any atom is 0.308 e. The molecule has 2 aliphatic rings. The molecule has 3 rings (SSSR count). The second-order valence-corrected chi connectivity index (χ2v) is 7.86. The number of methoxy groups -OCH3 is 1. The summed E-state index contributed by atoms with van der Waals surface area (Å²) in [5.74, 6) is 0.886. The molecule has 0 aromatic heterocycles. The Kier molecular flexibility index (Phi) is 8.31. The minimum absolute atomic E-state index is 0.0292. The lowest BCUT2D eigenvalue weighted by Crippen LogP contribution is -2.50. The van der Waals surface area contributed by atoms with E-state index in [4.69, 9.17) is 4.74 Å². The number of piperidine rings is 1. The minimum Gasteiger partial charge on any atom is -0.469 e. The van der Waals surface area contributed by atoms with E-state index in [9.17, 15) is 4.79 Å². The Balaban J connectivity index is 1.33. The van der Waals surface area contributed by atoms with Crippen LogP contribution in [-0.4, -0.2) is 93.1 Å². The van der Waals surface area contributed by atoms with Gasteiger partial charge in [-0.2, -0.15) is 0 Å². The number of hydrogen-bond donors (Lipinski definition) is 1. The van der Waals surface area contributed by atoms with Gasteiger partial charge in [-0.1, -0.05) is 30.3 Å². The molecule has 29 heavy (non-hydrogen) atoms. The van der Waals surface area contributed by atoms with E-state index < -0.39 is 0 Å². The van der Waals surface area contributed by atoms with Gasteiger partial charge in [-0.3, -0.25) is 19.6 Å². The lowest BCUT2D eigenvalue weighted by molar-refractivity contribution is -0.146. The van der Waals surface area contributed by atoms with Crippen LogP contribution in [0.25, 0.3) is 0 Å². The second kappa shape index (κ2) is 11.2. The molecule has 1 aromatic rings. The predicted molar refractivity (Wildman–Crippen MR) is 116 cm³/mol. The SMILES string of the molecule is CN=C(NCCN1CCN(Cc2ccccc2)CC1)N1CCC(C(=O)OC)CC1. The van der Waals surface area contributed by atoms with Crippen molar-refractivity contribution in [1.29, 1.82) is 0 Å². The molecule has 0 amide bonds. The van der Waals surface area contributed by atoms with Crippen LogP contribution in [0, 0.1) is 5.92 Å². The van der Waals surface area contributed by atoms with Crippen molar-refractivity contribution >= 4 is 11.9 Å². The van der Waals surface area contributed by atoms with Crippen LogP contribution in [0.15, 0.2) is 35.3 Å². The molecule has 0 atom stereocenters. The van der Waals surface area contributed by atoms with Gasteiger partial charge in [0, 0.05) is 66.0 Å². The third-order valence-electron chi connectivity index (χ3n) is 5.97. The number of esters is 1. The van der Waals surface area contributed by atoms with Crippen LogP contribution in [-0.2, 0) is 16.1 Å². The van der Waals surface area contributed by atoms with E-state index in [1.165, 1.54) is 12.7 Å². The van der Waals surface area contributed by atoms with Gasteiger partial charge >= 0.3 is 5.97 Å². The van der Waals surface area contributed by atoms with Crippen molar-refractivity contribution < 1.29 is 9.53 Å². The number of benzene rings is 1. The van der Waals surface area contributed by atoms with Gasteiger partial charge in [0.2, 0.25) is 0 Å². The minimum atomic E-state index is -0.0843. The molecule has 0 spiro atoms. The molecule has 0 aliphatic carbocycles. The normalized spacial score (nSPS) is 19.9. The number of nitrogens with zero attached hydrogens (tertiary/aromatic N) is 4. The highest BCUT2D eigenvalue weighted by atomic mass is 16.5. The van der Waals surface area contributed by atoms with Gasteiger partial charge in [0.15, 0.2) is 5.96 Å². The Bertz CT molecular complexity index is 650. The summed E-state index contributed by atoms with van der Waals surface area (Å²) in [5, 5.41) is 3.50. The van der Waals surface area contributed by atoms with E-state index in [2.05, 4.69) is 55.3 Å². The van der Waals surface area contributed by atoms with E-state index in [-0.39, 0.29) is 11.9 Å². The van der Waals surface area contributed by atoms with Gasteiger partial charge in [0.25, 0.3) is 0 Å². The highest BCUT2D eigenvalue weighted by Crippen LogP contribution is 2.18. The Hall–Kier alpha value is -2.12. The number of rotatable bonds is 6. The lowest BCUT2D eigenvalue weighted by atomic mass is 9.97. The molecular weight excluding hydrogens is 366 g/mol. The number of guanidine groups is 1. The molecule has 1 aromatic carbocycles. The van der Waals surface area contributed by atoms with E-state index in [0.29, 0.717) is 0 Å². The van der Waals surface area contributed by atoms with Crippen molar-refractivity contribution in [2.24, 2.45) is 10.9 Å². The maximum absolute atomic E-state index is 11.7. The smallest absolute Gasteiger partial charge is 0.308 e. The summed E-state index contributed by atoms with van der Waals surface area (Å²) in [6.45, 7) is 9.10. The Labute approximate surface area is 174 Å². The molecule has 0 bridgehead atoms. The fourth-order valence-electron chi connectivity index (χ4n) is 4.16. The van der Waals surface area contributed by atoms with Crippen molar-refractivity contribution in [3.8, 4) is 0 Å². The Morgan fingerprint density at radius 2 is 1.72 bits per heavy atom.